The van der Waals surface area contributed by atoms with Crippen LogP contribution in [-0.2, 0) is 4.79 Å². The molecule has 1 N–H and O–H groups in total. The van der Waals surface area contributed by atoms with Gasteiger partial charge in [0.15, 0.2) is 0 Å². The Bertz CT molecular complexity index is 752. The molecule has 1 unspecified atom stereocenters. The summed E-state index contributed by atoms with van der Waals surface area (Å²) in [5, 5.41) is 3.45. The van der Waals surface area contributed by atoms with Crippen molar-refractivity contribution in [3.63, 3.8) is 0 Å². The Hall–Kier alpha value is -1.37. The standard InChI is InChI=1S/C21H26N4O.3ClH/c1-24-10-12-25(13-11-24)21(26)15-23-20-14-19(20)18-4-2-16(3-5-18)17-6-8-22-9-7-17;;;/h2-9,19-20,23H,10-15H2,1H3;3*1H/t19?,20-;;;/m0.../s1. The van der Waals surface area contributed by atoms with Crippen LogP contribution in [0.15, 0.2) is 48.8 Å². The maximum absolute atomic E-state index is 12.3. The number of aromatic nitrogens is 1. The van der Waals surface area contributed by atoms with Crippen molar-refractivity contribution in [1.29, 1.82) is 0 Å². The lowest BCUT2D eigenvalue weighted by atomic mass is 10.0. The second-order valence-corrected chi connectivity index (χ2v) is 7.37. The van der Waals surface area contributed by atoms with Crippen LogP contribution in [0.2, 0.25) is 0 Å². The number of nitrogens with zero attached hydrogens (tertiary/aromatic N) is 3. The Balaban J connectivity index is 0.00000140. The van der Waals surface area contributed by atoms with Gasteiger partial charge in [-0.2, -0.15) is 0 Å². The first kappa shape index (κ1) is 25.7. The van der Waals surface area contributed by atoms with E-state index in [0.717, 1.165) is 32.6 Å². The number of nitrogens with one attached hydrogen (secondary N) is 1. The second kappa shape index (κ2) is 11.7. The third-order valence-electron chi connectivity index (χ3n) is 5.51. The lowest BCUT2D eigenvalue weighted by Gasteiger charge is -2.32. The maximum Gasteiger partial charge on any atom is 0.236 e. The van der Waals surface area contributed by atoms with Crippen molar-refractivity contribution in [3.8, 4) is 11.1 Å². The number of hydrogen-bond acceptors (Lipinski definition) is 4. The fraction of sp³-hybridized carbons (Fsp3) is 0.429. The van der Waals surface area contributed by atoms with Gasteiger partial charge in [-0.1, -0.05) is 24.3 Å². The lowest BCUT2D eigenvalue weighted by molar-refractivity contribution is -0.131. The van der Waals surface area contributed by atoms with Gasteiger partial charge in [-0.15, -0.1) is 37.2 Å². The summed E-state index contributed by atoms with van der Waals surface area (Å²) in [7, 11) is 2.11. The molecule has 2 aliphatic rings. The quantitative estimate of drug-likeness (QED) is 0.746. The predicted molar refractivity (Wildman–Crippen MR) is 125 cm³/mol. The van der Waals surface area contributed by atoms with Crippen LogP contribution in [0.1, 0.15) is 17.9 Å². The normalized spacial score (nSPS) is 20.7. The van der Waals surface area contributed by atoms with Gasteiger partial charge in [0.2, 0.25) is 5.91 Å². The molecule has 1 saturated carbocycles. The minimum atomic E-state index is 0. The summed E-state index contributed by atoms with van der Waals surface area (Å²) in [6, 6.07) is 13.3. The molecule has 1 aliphatic heterocycles. The van der Waals surface area contributed by atoms with E-state index >= 15 is 0 Å². The number of pyridine rings is 1. The molecule has 0 bridgehead atoms. The highest BCUT2D eigenvalue weighted by Crippen LogP contribution is 2.41. The van der Waals surface area contributed by atoms with E-state index in [1.54, 1.807) is 0 Å². The largest absolute Gasteiger partial charge is 0.339 e. The highest BCUT2D eigenvalue weighted by molar-refractivity contribution is 5.86. The smallest absolute Gasteiger partial charge is 0.236 e. The third kappa shape index (κ3) is 6.56. The number of hydrogen-bond donors (Lipinski definition) is 1. The van der Waals surface area contributed by atoms with Gasteiger partial charge in [0, 0.05) is 50.5 Å². The molecule has 160 valence electrons. The fourth-order valence-electron chi connectivity index (χ4n) is 3.64. The van der Waals surface area contributed by atoms with Gasteiger partial charge in [0.05, 0.1) is 6.54 Å². The third-order valence-corrected chi connectivity index (χ3v) is 5.51. The first-order valence-electron chi connectivity index (χ1n) is 9.41. The zero-order valence-corrected chi connectivity index (χ0v) is 18.9. The van der Waals surface area contributed by atoms with E-state index in [1.165, 1.54) is 16.7 Å². The minimum Gasteiger partial charge on any atom is -0.339 e. The summed E-state index contributed by atoms with van der Waals surface area (Å²) >= 11 is 0. The Labute approximate surface area is 191 Å². The molecule has 1 saturated heterocycles. The van der Waals surface area contributed by atoms with Crippen LogP contribution >= 0.6 is 37.2 Å². The molecule has 0 spiro atoms. The molecular formula is C21H29Cl3N4O. The zero-order chi connectivity index (χ0) is 17.9. The molecular weight excluding hydrogens is 431 g/mol. The van der Waals surface area contributed by atoms with Crippen molar-refractivity contribution in [2.24, 2.45) is 0 Å². The van der Waals surface area contributed by atoms with Crippen LogP contribution in [0.5, 0.6) is 0 Å². The monoisotopic (exact) mass is 458 g/mol. The summed E-state index contributed by atoms with van der Waals surface area (Å²) in [6.45, 7) is 4.10. The number of piperazine rings is 1. The number of carbonyl (C=O) groups excluding carboxylic acids is 1. The molecule has 1 aromatic heterocycles. The van der Waals surface area contributed by atoms with Crippen molar-refractivity contribution >= 4 is 43.1 Å². The van der Waals surface area contributed by atoms with Crippen LogP contribution in [0.4, 0.5) is 0 Å². The maximum atomic E-state index is 12.3. The molecule has 2 atom stereocenters. The second-order valence-electron chi connectivity index (χ2n) is 7.37. The summed E-state index contributed by atoms with van der Waals surface area (Å²) in [6.07, 6.45) is 4.76. The van der Waals surface area contributed by atoms with E-state index in [4.69, 9.17) is 0 Å². The Morgan fingerprint density at radius 3 is 2.17 bits per heavy atom. The topological polar surface area (TPSA) is 48.5 Å². The average molecular weight is 460 g/mol. The molecule has 1 amide bonds. The van der Waals surface area contributed by atoms with Gasteiger partial charge in [0.25, 0.3) is 0 Å². The SMILES string of the molecule is CN1CCN(C(=O)CN[C@H]2CC2c2ccc(-c3ccncc3)cc2)CC1.Cl.Cl.Cl. The molecule has 0 radical (unpaired) electrons. The first-order valence-corrected chi connectivity index (χ1v) is 9.41. The molecule has 8 heteroatoms. The van der Waals surface area contributed by atoms with Crippen LogP contribution in [0.25, 0.3) is 11.1 Å². The minimum absolute atomic E-state index is 0. The van der Waals surface area contributed by atoms with Crippen molar-refractivity contribution < 1.29 is 4.79 Å². The van der Waals surface area contributed by atoms with Crippen LogP contribution in [0, 0.1) is 0 Å². The highest BCUT2D eigenvalue weighted by atomic mass is 35.5. The number of amides is 1. The molecule has 2 aromatic rings. The van der Waals surface area contributed by atoms with E-state index in [9.17, 15) is 4.79 Å². The summed E-state index contributed by atoms with van der Waals surface area (Å²) in [4.78, 5) is 20.6. The Morgan fingerprint density at radius 1 is 0.966 bits per heavy atom. The van der Waals surface area contributed by atoms with E-state index in [-0.39, 0.29) is 43.1 Å². The average Bonchev–Trinajstić information content (AvgIpc) is 3.47. The van der Waals surface area contributed by atoms with Crippen molar-refractivity contribution in [3.05, 3.63) is 54.4 Å². The predicted octanol–water partition coefficient (Wildman–Crippen LogP) is 3.23. The number of rotatable bonds is 5. The van der Waals surface area contributed by atoms with Gasteiger partial charge in [-0.3, -0.25) is 9.78 Å². The van der Waals surface area contributed by atoms with E-state index in [1.807, 2.05) is 29.4 Å². The van der Waals surface area contributed by atoms with Gasteiger partial charge < -0.3 is 15.1 Å². The van der Waals surface area contributed by atoms with Gasteiger partial charge in [-0.25, -0.2) is 0 Å². The molecule has 5 nitrogen and oxygen atoms in total. The first-order chi connectivity index (χ1) is 12.7. The van der Waals surface area contributed by atoms with E-state index in [2.05, 4.69) is 46.5 Å². The van der Waals surface area contributed by atoms with Crippen LogP contribution < -0.4 is 5.32 Å². The van der Waals surface area contributed by atoms with Crippen molar-refractivity contribution in [2.45, 2.75) is 18.4 Å². The Kier molecular flexibility index (Phi) is 10.4. The van der Waals surface area contributed by atoms with Gasteiger partial charge >= 0.3 is 0 Å². The van der Waals surface area contributed by atoms with Gasteiger partial charge in [0.1, 0.15) is 0 Å². The lowest BCUT2D eigenvalue weighted by Crippen LogP contribution is -2.49. The highest BCUT2D eigenvalue weighted by Gasteiger charge is 2.38. The zero-order valence-electron chi connectivity index (χ0n) is 16.5. The Morgan fingerprint density at radius 2 is 1.55 bits per heavy atom. The number of benzene rings is 1. The van der Waals surface area contributed by atoms with E-state index < -0.39 is 0 Å². The van der Waals surface area contributed by atoms with Gasteiger partial charge in [-0.05, 0) is 42.3 Å². The van der Waals surface area contributed by atoms with Crippen molar-refractivity contribution in [2.75, 3.05) is 39.8 Å². The molecule has 29 heavy (non-hydrogen) atoms. The molecule has 4 rings (SSSR count). The molecule has 2 fully saturated rings. The molecule has 1 aromatic carbocycles. The van der Waals surface area contributed by atoms with Crippen molar-refractivity contribution in [1.82, 2.24) is 20.1 Å². The summed E-state index contributed by atoms with van der Waals surface area (Å²) in [5.74, 6) is 0.763. The van der Waals surface area contributed by atoms with Crippen LogP contribution in [-0.4, -0.2) is 66.5 Å². The van der Waals surface area contributed by atoms with Crippen LogP contribution in [0.3, 0.4) is 0 Å². The fourth-order valence-corrected chi connectivity index (χ4v) is 3.64. The summed E-state index contributed by atoms with van der Waals surface area (Å²) < 4.78 is 0. The summed E-state index contributed by atoms with van der Waals surface area (Å²) in [5.41, 5.74) is 3.76. The molecule has 2 heterocycles. The number of halogens is 3. The van der Waals surface area contributed by atoms with E-state index in [0.29, 0.717) is 18.5 Å². The molecule has 1 aliphatic carbocycles. The number of likely N-dealkylation sites (N-methyl/N-ethyl adjacent to an activating group) is 1. The number of carbonyl (C=O) groups is 1.